The number of ether oxygens (including phenoxy) is 1. The molecule has 1 aliphatic heterocycles. The van der Waals surface area contributed by atoms with Crippen molar-refractivity contribution in [1.82, 2.24) is 30.2 Å². The molecule has 2 amide bonds. The molecule has 12 N–H and O–H groups in total. The first-order valence-corrected chi connectivity index (χ1v) is 23.1. The number of nitrogens with zero attached hydrogens (tertiary/aromatic N) is 4. The lowest BCUT2D eigenvalue weighted by Gasteiger charge is -2.30. The molecule has 1 fully saturated rings. The van der Waals surface area contributed by atoms with Crippen LogP contribution in [0.4, 0.5) is 5.82 Å². The zero-order chi connectivity index (χ0) is 45.4. The highest BCUT2D eigenvalue weighted by atomic mass is 32.2. The highest BCUT2D eigenvalue weighted by molar-refractivity contribution is 8.13. The number of aliphatic carboxylic acids is 1. The number of phosphoric ester groups is 3. The van der Waals surface area contributed by atoms with Crippen LogP contribution in [0, 0.1) is 17.3 Å². The first-order valence-electron chi connectivity index (χ1n) is 17.6. The third-order valence-corrected chi connectivity index (χ3v) is 12.4. The summed E-state index contributed by atoms with van der Waals surface area (Å²) in [6, 6.07) is 0. The van der Waals surface area contributed by atoms with Crippen molar-refractivity contribution in [3.8, 4) is 0 Å². The van der Waals surface area contributed by atoms with Gasteiger partial charge in [0, 0.05) is 30.7 Å². The molecule has 0 aliphatic carbocycles. The van der Waals surface area contributed by atoms with Gasteiger partial charge >= 0.3 is 29.4 Å². The van der Waals surface area contributed by atoms with Gasteiger partial charge in [-0.25, -0.2) is 28.6 Å². The molecule has 60 heavy (non-hydrogen) atoms. The van der Waals surface area contributed by atoms with E-state index in [1.54, 1.807) is 13.8 Å². The highest BCUT2D eigenvalue weighted by Crippen LogP contribution is 2.61. The molecular formula is C29H48N7O20P3S. The number of rotatable bonds is 24. The molecule has 0 saturated carbocycles. The molecule has 0 aromatic carbocycles. The quantitative estimate of drug-likeness (QED) is 0.0333. The number of imidazole rings is 1. The minimum atomic E-state index is -5.61. The number of nitrogens with one attached hydrogen (secondary N) is 2. The minimum absolute atomic E-state index is 0.00950. The Balaban J connectivity index is 1.47. The zero-order valence-electron chi connectivity index (χ0n) is 32.3. The fourth-order valence-corrected chi connectivity index (χ4v) is 9.08. The van der Waals surface area contributed by atoms with Crippen molar-refractivity contribution in [3.05, 3.63) is 12.7 Å². The first kappa shape index (κ1) is 51.3. The van der Waals surface area contributed by atoms with Gasteiger partial charge in [-0.05, 0) is 12.3 Å². The molecule has 2 aromatic heterocycles. The lowest BCUT2D eigenvalue weighted by molar-refractivity contribution is -0.149. The summed E-state index contributed by atoms with van der Waals surface area (Å²) in [6.45, 7) is 3.47. The second-order valence-electron chi connectivity index (χ2n) is 14.2. The number of carboxylic acid groups (broad SMARTS) is 1. The maximum atomic E-state index is 12.7. The van der Waals surface area contributed by atoms with Gasteiger partial charge in [0.15, 0.2) is 23.6 Å². The van der Waals surface area contributed by atoms with E-state index < -0.39 is 108 Å². The summed E-state index contributed by atoms with van der Waals surface area (Å²) >= 11 is 0.621. The Labute approximate surface area is 345 Å². The maximum absolute atomic E-state index is 12.7. The average Bonchev–Trinajstić information content (AvgIpc) is 3.67. The van der Waals surface area contributed by atoms with Crippen LogP contribution in [0.1, 0.15) is 46.8 Å². The van der Waals surface area contributed by atoms with Gasteiger partial charge in [-0.2, -0.15) is 4.31 Å². The molecule has 1 saturated heterocycles. The van der Waals surface area contributed by atoms with Crippen LogP contribution in [0.15, 0.2) is 12.7 Å². The van der Waals surface area contributed by atoms with Crippen molar-refractivity contribution in [3.63, 3.8) is 0 Å². The molecule has 27 nitrogen and oxygen atoms in total. The van der Waals surface area contributed by atoms with E-state index in [0.717, 1.165) is 17.2 Å². The number of anilines is 1. The third-order valence-electron chi connectivity index (χ3n) is 8.36. The largest absolute Gasteiger partial charge is 0.481 e. The van der Waals surface area contributed by atoms with Gasteiger partial charge in [0.1, 0.15) is 36.3 Å². The van der Waals surface area contributed by atoms with Crippen LogP contribution in [0.5, 0.6) is 0 Å². The Morgan fingerprint density at radius 3 is 2.28 bits per heavy atom. The van der Waals surface area contributed by atoms with Crippen LogP contribution >= 0.6 is 35.2 Å². The van der Waals surface area contributed by atoms with Gasteiger partial charge in [0.25, 0.3) is 0 Å². The number of amides is 2. The van der Waals surface area contributed by atoms with Gasteiger partial charge in [-0.1, -0.05) is 39.5 Å². The van der Waals surface area contributed by atoms with Crippen molar-refractivity contribution in [1.29, 1.82) is 0 Å². The van der Waals surface area contributed by atoms with Crippen LogP contribution in [-0.2, 0) is 55.5 Å². The third kappa shape index (κ3) is 15.1. The van der Waals surface area contributed by atoms with Crippen molar-refractivity contribution in [2.75, 3.05) is 37.8 Å². The molecule has 0 bridgehead atoms. The van der Waals surface area contributed by atoms with Crippen molar-refractivity contribution < 1.29 is 95.5 Å². The summed E-state index contributed by atoms with van der Waals surface area (Å²) in [7, 11) is -16.5. The lowest BCUT2D eigenvalue weighted by atomic mass is 9.87. The standard InChI is InChI=1S/C29H48N7O20P3S/c1-14(2)9-15(37)18(27(42)43)28(44)60-8-7-31-17(38)5-6-32-25(41)22(40)29(3,4)11-53-59(50,51)56-58(48,49)52-10-16-21(55-57(45,46)47)20(39)26(54-16)36-13-35-19-23(30)33-12-34-24(19)36/h12-16,18,20-22,26,37,39-40H,5-11H2,1-4H3,(H,31,38)(H,32,41)(H,42,43)(H,48,49)(H,50,51)(H2,30,33,34)(H2,45,46,47). The molecule has 0 radical (unpaired) electrons. The predicted molar refractivity (Wildman–Crippen MR) is 204 cm³/mol. The number of hydrogen-bond acceptors (Lipinski definition) is 20. The van der Waals surface area contributed by atoms with Gasteiger partial charge in [-0.3, -0.25) is 37.3 Å². The normalized spacial score (nSPS) is 22.1. The van der Waals surface area contributed by atoms with Crippen molar-refractivity contribution in [2.45, 2.75) is 77.3 Å². The van der Waals surface area contributed by atoms with Crippen LogP contribution in [0.3, 0.4) is 0 Å². The fraction of sp³-hybridized carbons (Fsp3) is 0.690. The Bertz CT molecular complexity index is 1990. The SMILES string of the molecule is CC(C)CC(O)C(C(=O)O)C(=O)SCCNC(=O)CCNC(=O)C(O)C(C)(C)COP(=O)(O)OP(=O)(O)OCC1OC(n2cnc3c(N)ncnc32)C(O)C1OP(=O)(O)O. The maximum Gasteiger partial charge on any atom is 0.481 e. The molecule has 3 rings (SSSR count). The fourth-order valence-electron chi connectivity index (χ4n) is 5.41. The number of fused-ring (bicyclic) bond motifs is 1. The zero-order valence-corrected chi connectivity index (χ0v) is 35.8. The second kappa shape index (κ2) is 21.4. The number of carbonyl (C=O) groups is 4. The van der Waals surface area contributed by atoms with E-state index in [9.17, 15) is 72.9 Å². The van der Waals surface area contributed by atoms with E-state index in [2.05, 4.69) is 34.4 Å². The van der Waals surface area contributed by atoms with E-state index in [0.29, 0.717) is 11.8 Å². The van der Waals surface area contributed by atoms with E-state index in [4.69, 9.17) is 19.5 Å². The minimum Gasteiger partial charge on any atom is -0.481 e. The molecule has 3 heterocycles. The number of nitrogens with two attached hydrogens (primary N) is 1. The Morgan fingerprint density at radius 1 is 1.02 bits per heavy atom. The average molecular weight is 940 g/mol. The number of carboxylic acids is 1. The van der Waals surface area contributed by atoms with Gasteiger partial charge in [-0.15, -0.1) is 0 Å². The molecule has 0 spiro atoms. The highest BCUT2D eigenvalue weighted by Gasteiger charge is 2.50. The number of nitrogen functional groups attached to an aromatic ring is 1. The summed E-state index contributed by atoms with van der Waals surface area (Å²) in [5.41, 5.74) is 4.16. The number of hydrogen-bond donors (Lipinski definition) is 11. The molecule has 31 heteroatoms. The monoisotopic (exact) mass is 939 g/mol. The van der Waals surface area contributed by atoms with E-state index in [1.807, 2.05) is 0 Å². The number of aliphatic hydroxyl groups excluding tert-OH is 3. The summed E-state index contributed by atoms with van der Waals surface area (Å²) in [6.07, 6.45) is -8.51. The van der Waals surface area contributed by atoms with Crippen LogP contribution in [0.2, 0.25) is 0 Å². The summed E-state index contributed by atoms with van der Waals surface area (Å²) in [5, 5.41) is 44.9. The van der Waals surface area contributed by atoms with Gasteiger partial charge in [0.2, 0.25) is 16.9 Å². The topological polar surface area (TPSA) is 421 Å². The molecule has 340 valence electrons. The van der Waals surface area contributed by atoms with E-state index in [-0.39, 0.29) is 54.6 Å². The van der Waals surface area contributed by atoms with Crippen LogP contribution < -0.4 is 16.4 Å². The molecule has 1 aliphatic rings. The molecule has 9 unspecified atom stereocenters. The van der Waals surface area contributed by atoms with Gasteiger partial charge < -0.3 is 61.1 Å². The van der Waals surface area contributed by atoms with Crippen LogP contribution in [-0.4, -0.2) is 145 Å². The number of phosphoric acid groups is 3. The number of thioether (sulfide) groups is 1. The summed E-state index contributed by atoms with van der Waals surface area (Å²) in [4.78, 5) is 99.5. The van der Waals surface area contributed by atoms with Crippen molar-refractivity contribution in [2.24, 2.45) is 17.3 Å². The smallest absolute Gasteiger partial charge is 0.481 e. The molecule has 2 aromatic rings. The van der Waals surface area contributed by atoms with Gasteiger partial charge in [0.05, 0.1) is 25.6 Å². The van der Waals surface area contributed by atoms with Crippen LogP contribution in [0.25, 0.3) is 11.2 Å². The predicted octanol–water partition coefficient (Wildman–Crippen LogP) is -1.23. The molecule has 9 atom stereocenters. The lowest BCUT2D eigenvalue weighted by Crippen LogP contribution is -2.46. The van der Waals surface area contributed by atoms with E-state index >= 15 is 0 Å². The Morgan fingerprint density at radius 2 is 1.67 bits per heavy atom. The number of carbonyl (C=O) groups excluding carboxylic acids is 3. The number of aliphatic hydroxyl groups is 3. The van der Waals surface area contributed by atoms with Crippen molar-refractivity contribution >= 4 is 75.1 Å². The Hall–Kier alpha value is -3.01. The molecular weight excluding hydrogens is 891 g/mol. The second-order valence-corrected chi connectivity index (χ2v) is 19.6. The first-order chi connectivity index (χ1) is 27.6. The van der Waals surface area contributed by atoms with E-state index in [1.165, 1.54) is 13.8 Å². The summed E-state index contributed by atoms with van der Waals surface area (Å²) < 4.78 is 62.1. The Kier molecular flexibility index (Phi) is 18.3. The summed E-state index contributed by atoms with van der Waals surface area (Å²) in [5.74, 6) is -4.86. The number of aromatic nitrogens is 4.